The zero-order valence-electron chi connectivity index (χ0n) is 11.9. The molecule has 0 saturated carbocycles. The van der Waals surface area contributed by atoms with E-state index >= 15 is 0 Å². The van der Waals surface area contributed by atoms with Gasteiger partial charge in [-0.25, -0.2) is 4.68 Å². The highest BCUT2D eigenvalue weighted by Gasteiger charge is 2.39. The van der Waals surface area contributed by atoms with Crippen molar-refractivity contribution in [2.24, 2.45) is 0 Å². The molecule has 0 bridgehead atoms. The van der Waals surface area contributed by atoms with Crippen LogP contribution in [0.1, 0.15) is 25.5 Å². The van der Waals surface area contributed by atoms with Gasteiger partial charge in [0.05, 0.1) is 17.0 Å². The van der Waals surface area contributed by atoms with E-state index in [1.54, 1.807) is 0 Å². The van der Waals surface area contributed by atoms with Gasteiger partial charge in [-0.15, -0.1) is 0 Å². The molecular weight excluding hydrogens is 250 g/mol. The van der Waals surface area contributed by atoms with Crippen LogP contribution in [0.5, 0.6) is 0 Å². The van der Waals surface area contributed by atoms with Crippen LogP contribution in [0.25, 0.3) is 5.69 Å². The van der Waals surface area contributed by atoms with Gasteiger partial charge in [0.25, 0.3) is 0 Å². The number of hydrogen-bond acceptors (Lipinski definition) is 3. The molecule has 1 aromatic carbocycles. The molecule has 0 radical (unpaired) electrons. The summed E-state index contributed by atoms with van der Waals surface area (Å²) in [4.78, 5) is 2.24. The zero-order valence-corrected chi connectivity index (χ0v) is 11.9. The molecule has 1 N–H and O–H groups in total. The van der Waals surface area contributed by atoms with Crippen molar-refractivity contribution in [2.45, 2.75) is 31.9 Å². The average Bonchev–Trinajstić information content (AvgIpc) is 2.87. The van der Waals surface area contributed by atoms with Crippen molar-refractivity contribution < 1.29 is 5.11 Å². The minimum Gasteiger partial charge on any atom is -0.387 e. The summed E-state index contributed by atoms with van der Waals surface area (Å²) in [5.74, 6) is 0. The number of likely N-dealkylation sites (tertiary alicyclic amines) is 1. The number of benzene rings is 1. The quantitative estimate of drug-likeness (QED) is 0.906. The van der Waals surface area contributed by atoms with E-state index < -0.39 is 5.60 Å². The van der Waals surface area contributed by atoms with Crippen LogP contribution >= 0.6 is 0 Å². The van der Waals surface area contributed by atoms with Gasteiger partial charge in [0.1, 0.15) is 0 Å². The Morgan fingerprint density at radius 2 is 1.95 bits per heavy atom. The molecule has 0 unspecified atom stereocenters. The first-order valence-corrected chi connectivity index (χ1v) is 7.23. The first kappa shape index (κ1) is 13.3. The van der Waals surface area contributed by atoms with Gasteiger partial charge in [-0.05, 0) is 24.6 Å². The molecule has 0 spiro atoms. The third-order valence-corrected chi connectivity index (χ3v) is 3.80. The fourth-order valence-electron chi connectivity index (χ4n) is 2.92. The van der Waals surface area contributed by atoms with Gasteiger partial charge in [-0.2, -0.15) is 5.10 Å². The van der Waals surface area contributed by atoms with Crippen LogP contribution in [0.4, 0.5) is 0 Å². The SMILES string of the molecule is CCCC1(O)CN(Cc2ccn(-c3ccccc3)n2)C1. The Morgan fingerprint density at radius 1 is 1.20 bits per heavy atom. The van der Waals surface area contributed by atoms with Crippen LogP contribution in [0.2, 0.25) is 0 Å². The third kappa shape index (κ3) is 2.76. The van der Waals surface area contributed by atoms with E-state index in [1.807, 2.05) is 47.3 Å². The monoisotopic (exact) mass is 271 g/mol. The molecule has 1 aliphatic heterocycles. The van der Waals surface area contributed by atoms with E-state index in [0.29, 0.717) is 0 Å². The number of aromatic nitrogens is 2. The van der Waals surface area contributed by atoms with E-state index in [-0.39, 0.29) is 0 Å². The fourth-order valence-corrected chi connectivity index (χ4v) is 2.92. The zero-order chi connectivity index (χ0) is 14.0. The first-order valence-electron chi connectivity index (χ1n) is 7.23. The van der Waals surface area contributed by atoms with Gasteiger partial charge >= 0.3 is 0 Å². The largest absolute Gasteiger partial charge is 0.387 e. The molecule has 1 aromatic heterocycles. The van der Waals surface area contributed by atoms with Crippen molar-refractivity contribution in [2.75, 3.05) is 13.1 Å². The third-order valence-electron chi connectivity index (χ3n) is 3.80. The average molecular weight is 271 g/mol. The summed E-state index contributed by atoms with van der Waals surface area (Å²) in [6.07, 6.45) is 3.91. The Bertz CT molecular complexity index is 558. The number of aliphatic hydroxyl groups is 1. The standard InChI is InChI=1S/C16H21N3O/c1-2-9-16(20)12-18(13-16)11-14-8-10-19(17-14)15-6-4-3-5-7-15/h3-8,10,20H,2,9,11-13H2,1H3. The predicted octanol–water partition coefficient (Wildman–Crippen LogP) is 2.22. The smallest absolute Gasteiger partial charge is 0.0900 e. The molecule has 3 rings (SSSR count). The minimum absolute atomic E-state index is 0.462. The van der Waals surface area contributed by atoms with Crippen LogP contribution in [0.15, 0.2) is 42.6 Å². The van der Waals surface area contributed by atoms with Gasteiger partial charge in [0.2, 0.25) is 0 Å². The lowest BCUT2D eigenvalue weighted by atomic mass is 9.89. The topological polar surface area (TPSA) is 41.3 Å². The molecule has 2 aromatic rings. The minimum atomic E-state index is -0.462. The highest BCUT2D eigenvalue weighted by molar-refractivity contribution is 5.30. The Balaban J connectivity index is 1.59. The second-order valence-electron chi connectivity index (χ2n) is 5.71. The molecule has 0 aliphatic carbocycles. The maximum Gasteiger partial charge on any atom is 0.0900 e. The summed E-state index contributed by atoms with van der Waals surface area (Å²) in [5.41, 5.74) is 1.66. The van der Waals surface area contributed by atoms with Crippen molar-refractivity contribution in [1.82, 2.24) is 14.7 Å². The molecule has 20 heavy (non-hydrogen) atoms. The summed E-state index contributed by atoms with van der Waals surface area (Å²) in [6, 6.07) is 12.2. The summed E-state index contributed by atoms with van der Waals surface area (Å²) in [7, 11) is 0. The summed E-state index contributed by atoms with van der Waals surface area (Å²) in [5, 5.41) is 14.8. The number of rotatable bonds is 5. The molecule has 2 heterocycles. The molecule has 0 amide bonds. The van der Waals surface area contributed by atoms with E-state index in [9.17, 15) is 5.11 Å². The van der Waals surface area contributed by atoms with E-state index in [4.69, 9.17) is 0 Å². The highest BCUT2D eigenvalue weighted by atomic mass is 16.3. The molecule has 1 saturated heterocycles. The number of hydrogen-bond donors (Lipinski definition) is 1. The molecule has 1 aliphatic rings. The van der Waals surface area contributed by atoms with Crippen molar-refractivity contribution in [1.29, 1.82) is 0 Å². The van der Waals surface area contributed by atoms with E-state index in [2.05, 4.69) is 16.9 Å². The van der Waals surface area contributed by atoms with Crippen molar-refractivity contribution in [3.05, 3.63) is 48.3 Å². The molecule has 0 atom stereocenters. The summed E-state index contributed by atoms with van der Waals surface area (Å²) >= 11 is 0. The van der Waals surface area contributed by atoms with Gasteiger partial charge in [0, 0.05) is 25.8 Å². The highest BCUT2D eigenvalue weighted by Crippen LogP contribution is 2.26. The van der Waals surface area contributed by atoms with Crippen LogP contribution < -0.4 is 0 Å². The van der Waals surface area contributed by atoms with Crippen LogP contribution in [-0.4, -0.2) is 38.5 Å². The van der Waals surface area contributed by atoms with Crippen LogP contribution in [0.3, 0.4) is 0 Å². The van der Waals surface area contributed by atoms with Crippen LogP contribution in [0, 0.1) is 0 Å². The van der Waals surface area contributed by atoms with Crippen LogP contribution in [-0.2, 0) is 6.54 Å². The maximum absolute atomic E-state index is 10.2. The molecule has 4 heteroatoms. The van der Waals surface area contributed by atoms with Gasteiger partial charge in [-0.3, -0.25) is 4.90 Å². The number of para-hydroxylation sites is 1. The van der Waals surface area contributed by atoms with E-state index in [0.717, 1.165) is 43.9 Å². The Labute approximate surface area is 119 Å². The molecule has 1 fully saturated rings. The maximum atomic E-state index is 10.2. The molecule has 106 valence electrons. The lowest BCUT2D eigenvalue weighted by Gasteiger charge is -2.46. The normalized spacial score (nSPS) is 17.9. The van der Waals surface area contributed by atoms with Crippen molar-refractivity contribution in [3.8, 4) is 5.69 Å². The van der Waals surface area contributed by atoms with Gasteiger partial charge in [0.15, 0.2) is 0 Å². The van der Waals surface area contributed by atoms with Crippen molar-refractivity contribution >= 4 is 0 Å². The summed E-state index contributed by atoms with van der Waals surface area (Å²) in [6.45, 7) is 4.45. The summed E-state index contributed by atoms with van der Waals surface area (Å²) < 4.78 is 1.90. The number of nitrogens with zero attached hydrogens (tertiary/aromatic N) is 3. The number of β-amino-alcohol motifs (C(OH)–C–C–N with tert-alkyl or cyclic N) is 1. The Kier molecular flexibility index (Phi) is 3.59. The lowest BCUT2D eigenvalue weighted by molar-refractivity contribution is -0.107. The van der Waals surface area contributed by atoms with E-state index in [1.165, 1.54) is 0 Å². The lowest BCUT2D eigenvalue weighted by Crippen LogP contribution is -2.61. The molecule has 4 nitrogen and oxygen atoms in total. The Morgan fingerprint density at radius 3 is 2.65 bits per heavy atom. The fraction of sp³-hybridized carbons (Fsp3) is 0.438. The van der Waals surface area contributed by atoms with Gasteiger partial charge in [-0.1, -0.05) is 31.5 Å². The predicted molar refractivity (Wildman–Crippen MR) is 78.7 cm³/mol. The van der Waals surface area contributed by atoms with Crippen molar-refractivity contribution in [3.63, 3.8) is 0 Å². The van der Waals surface area contributed by atoms with Gasteiger partial charge < -0.3 is 5.11 Å². The second kappa shape index (κ2) is 5.38. The first-order chi connectivity index (χ1) is 9.68. The second-order valence-corrected chi connectivity index (χ2v) is 5.71. The molecular formula is C16H21N3O. The Hall–Kier alpha value is -1.65.